The summed E-state index contributed by atoms with van der Waals surface area (Å²) in [5.41, 5.74) is 2.61. The minimum Gasteiger partial charge on any atom is -0.354 e. The molecule has 8 heteroatoms. The molecule has 1 N–H and O–H groups in total. The lowest BCUT2D eigenvalue weighted by Gasteiger charge is -2.25. The summed E-state index contributed by atoms with van der Waals surface area (Å²) in [6.07, 6.45) is 1.12. The minimum absolute atomic E-state index is 0.141. The van der Waals surface area contributed by atoms with Crippen LogP contribution in [-0.2, 0) is 20.6 Å². The second kappa shape index (κ2) is 10.9. The van der Waals surface area contributed by atoms with E-state index in [-0.39, 0.29) is 18.4 Å². The summed E-state index contributed by atoms with van der Waals surface area (Å²) >= 11 is 7.57. The third kappa shape index (κ3) is 7.57. The maximum atomic E-state index is 12.4. The van der Waals surface area contributed by atoms with Crippen molar-refractivity contribution in [2.45, 2.75) is 25.5 Å². The number of anilines is 1. The fourth-order valence-corrected chi connectivity index (χ4v) is 4.62. The van der Waals surface area contributed by atoms with Crippen molar-refractivity contribution in [3.8, 4) is 0 Å². The first-order valence-corrected chi connectivity index (χ1v) is 12.7. The number of nitrogens with one attached hydrogen (secondary N) is 1. The molecule has 0 radical (unpaired) electrons. The van der Waals surface area contributed by atoms with Crippen LogP contribution in [0.4, 0.5) is 5.69 Å². The van der Waals surface area contributed by atoms with Gasteiger partial charge in [0, 0.05) is 23.1 Å². The highest BCUT2D eigenvalue weighted by atomic mass is 35.5. The first-order chi connectivity index (χ1) is 13.7. The molecule has 0 spiro atoms. The Morgan fingerprint density at radius 3 is 2.41 bits per heavy atom. The van der Waals surface area contributed by atoms with Crippen molar-refractivity contribution in [2.24, 2.45) is 0 Å². The molecule has 0 aliphatic carbocycles. The molecular weight excluding hydrogens is 428 g/mol. The van der Waals surface area contributed by atoms with Gasteiger partial charge in [0.1, 0.15) is 6.54 Å². The summed E-state index contributed by atoms with van der Waals surface area (Å²) in [5, 5.41) is 3.52. The molecular formula is C21H27ClN2O3S2. The topological polar surface area (TPSA) is 66.5 Å². The van der Waals surface area contributed by atoms with E-state index in [9.17, 15) is 13.2 Å². The van der Waals surface area contributed by atoms with Crippen LogP contribution in [0.3, 0.4) is 0 Å². The predicted octanol–water partition coefficient (Wildman–Crippen LogP) is 4.28. The average Bonchev–Trinajstić information content (AvgIpc) is 2.66. The zero-order chi connectivity index (χ0) is 21.4. The Bertz CT molecular complexity index is 916. The van der Waals surface area contributed by atoms with Crippen molar-refractivity contribution in [1.82, 2.24) is 5.32 Å². The number of carbonyl (C=O) groups excluding carboxylic acids is 1. The SMILES string of the molecule is CC(C)c1ccccc1N(CC(=O)NCCSCc1ccc(Cl)cc1)S(C)(=O)=O. The fraction of sp³-hybridized carbons (Fsp3) is 0.381. The number of sulfonamides is 1. The number of thioether (sulfide) groups is 1. The van der Waals surface area contributed by atoms with Gasteiger partial charge >= 0.3 is 0 Å². The fourth-order valence-electron chi connectivity index (χ4n) is 2.80. The lowest BCUT2D eigenvalue weighted by molar-refractivity contribution is -0.119. The van der Waals surface area contributed by atoms with Gasteiger partial charge in [0.15, 0.2) is 0 Å². The summed E-state index contributed by atoms with van der Waals surface area (Å²) < 4.78 is 25.8. The number of para-hydroxylation sites is 1. The monoisotopic (exact) mass is 454 g/mol. The number of benzene rings is 2. The number of hydrogen-bond donors (Lipinski definition) is 1. The highest BCUT2D eigenvalue weighted by molar-refractivity contribution is 7.98. The molecule has 0 saturated carbocycles. The third-order valence-corrected chi connectivity index (χ3v) is 6.67. The Morgan fingerprint density at radius 2 is 1.79 bits per heavy atom. The van der Waals surface area contributed by atoms with Crippen molar-refractivity contribution in [2.75, 3.05) is 29.4 Å². The van der Waals surface area contributed by atoms with Crippen LogP contribution in [0.1, 0.15) is 30.9 Å². The quantitative estimate of drug-likeness (QED) is 0.544. The molecule has 0 aliphatic heterocycles. The smallest absolute Gasteiger partial charge is 0.240 e. The molecule has 1 amide bonds. The first kappa shape index (κ1) is 23.6. The van der Waals surface area contributed by atoms with Gasteiger partial charge in [0.2, 0.25) is 15.9 Å². The summed E-state index contributed by atoms with van der Waals surface area (Å²) in [4.78, 5) is 12.4. The Hall–Kier alpha value is -1.70. The van der Waals surface area contributed by atoms with Crippen LogP contribution < -0.4 is 9.62 Å². The highest BCUT2D eigenvalue weighted by Crippen LogP contribution is 2.28. The maximum Gasteiger partial charge on any atom is 0.240 e. The number of nitrogens with zero attached hydrogens (tertiary/aromatic N) is 1. The second-order valence-corrected chi connectivity index (χ2v) is 10.5. The van der Waals surface area contributed by atoms with E-state index in [1.807, 2.05) is 50.2 Å². The zero-order valence-electron chi connectivity index (χ0n) is 16.9. The van der Waals surface area contributed by atoms with Gasteiger partial charge in [0.05, 0.1) is 11.9 Å². The molecule has 158 valence electrons. The van der Waals surface area contributed by atoms with E-state index in [1.54, 1.807) is 23.9 Å². The summed E-state index contributed by atoms with van der Waals surface area (Å²) in [6, 6.07) is 15.0. The van der Waals surface area contributed by atoms with Crippen molar-refractivity contribution >= 4 is 45.0 Å². The zero-order valence-corrected chi connectivity index (χ0v) is 19.3. The van der Waals surface area contributed by atoms with Gasteiger partial charge in [0.25, 0.3) is 0 Å². The van der Waals surface area contributed by atoms with E-state index < -0.39 is 10.0 Å². The average molecular weight is 455 g/mol. The molecule has 0 aliphatic rings. The Labute approximate surface area is 182 Å². The van der Waals surface area contributed by atoms with Crippen molar-refractivity contribution in [3.05, 3.63) is 64.7 Å². The highest BCUT2D eigenvalue weighted by Gasteiger charge is 2.23. The Kier molecular flexibility index (Phi) is 8.86. The summed E-state index contributed by atoms with van der Waals surface area (Å²) in [7, 11) is -3.59. The second-order valence-electron chi connectivity index (χ2n) is 7.01. The van der Waals surface area contributed by atoms with Crippen LogP contribution in [-0.4, -0.2) is 39.4 Å². The number of hydrogen-bond acceptors (Lipinski definition) is 4. The molecule has 0 saturated heterocycles. The molecule has 2 rings (SSSR count). The number of amides is 1. The molecule has 0 atom stereocenters. The maximum absolute atomic E-state index is 12.4. The van der Waals surface area contributed by atoms with E-state index in [4.69, 9.17) is 11.6 Å². The first-order valence-electron chi connectivity index (χ1n) is 9.34. The van der Waals surface area contributed by atoms with Gasteiger partial charge in [-0.25, -0.2) is 8.42 Å². The summed E-state index contributed by atoms with van der Waals surface area (Å²) in [5.74, 6) is 1.38. The van der Waals surface area contributed by atoms with Gasteiger partial charge < -0.3 is 5.32 Å². The van der Waals surface area contributed by atoms with Crippen LogP contribution in [0.15, 0.2) is 48.5 Å². The van der Waals surface area contributed by atoms with E-state index >= 15 is 0 Å². The number of carbonyl (C=O) groups is 1. The third-order valence-electron chi connectivity index (χ3n) is 4.27. The lowest BCUT2D eigenvalue weighted by Crippen LogP contribution is -2.41. The van der Waals surface area contributed by atoms with E-state index in [0.717, 1.165) is 23.3 Å². The molecule has 0 bridgehead atoms. The Balaban J connectivity index is 1.90. The molecule has 0 fully saturated rings. The van der Waals surface area contributed by atoms with Gasteiger partial charge in [-0.05, 0) is 35.2 Å². The number of rotatable bonds is 10. The van der Waals surface area contributed by atoms with Crippen molar-refractivity contribution < 1.29 is 13.2 Å². The van der Waals surface area contributed by atoms with E-state index in [1.165, 1.54) is 9.87 Å². The van der Waals surface area contributed by atoms with Crippen LogP contribution in [0.2, 0.25) is 5.02 Å². The molecule has 0 unspecified atom stereocenters. The molecule has 29 heavy (non-hydrogen) atoms. The van der Waals surface area contributed by atoms with E-state index in [2.05, 4.69) is 5.32 Å². The minimum atomic E-state index is -3.59. The van der Waals surface area contributed by atoms with Crippen LogP contribution in [0.5, 0.6) is 0 Å². The van der Waals surface area contributed by atoms with Crippen molar-refractivity contribution in [3.63, 3.8) is 0 Å². The molecule has 2 aromatic carbocycles. The summed E-state index contributed by atoms with van der Waals surface area (Å²) in [6.45, 7) is 4.24. The molecule has 0 aromatic heterocycles. The standard InChI is InChI=1S/C21H27ClN2O3S2/c1-16(2)19-6-4-5-7-20(19)24(29(3,26)27)14-21(25)23-12-13-28-15-17-8-10-18(22)11-9-17/h4-11,16H,12-15H2,1-3H3,(H,23,25). The van der Waals surface area contributed by atoms with Gasteiger partial charge in [-0.1, -0.05) is 55.8 Å². The van der Waals surface area contributed by atoms with Gasteiger partial charge in [-0.15, -0.1) is 0 Å². The van der Waals surface area contributed by atoms with Crippen LogP contribution in [0.25, 0.3) is 0 Å². The van der Waals surface area contributed by atoms with Crippen molar-refractivity contribution in [1.29, 1.82) is 0 Å². The van der Waals surface area contributed by atoms with Crippen LogP contribution in [0, 0.1) is 0 Å². The molecule has 5 nitrogen and oxygen atoms in total. The predicted molar refractivity (Wildman–Crippen MR) is 123 cm³/mol. The molecule has 2 aromatic rings. The van der Waals surface area contributed by atoms with Crippen LogP contribution >= 0.6 is 23.4 Å². The Morgan fingerprint density at radius 1 is 1.14 bits per heavy atom. The largest absolute Gasteiger partial charge is 0.354 e. The number of halogens is 1. The lowest BCUT2D eigenvalue weighted by atomic mass is 10.0. The molecule has 0 heterocycles. The van der Waals surface area contributed by atoms with Gasteiger partial charge in [-0.3, -0.25) is 9.10 Å². The van der Waals surface area contributed by atoms with E-state index in [0.29, 0.717) is 17.3 Å². The van der Waals surface area contributed by atoms with Gasteiger partial charge in [-0.2, -0.15) is 11.8 Å². The normalized spacial score (nSPS) is 11.5.